The van der Waals surface area contributed by atoms with Gasteiger partial charge in [-0.3, -0.25) is 9.36 Å². The van der Waals surface area contributed by atoms with Crippen LogP contribution in [-0.4, -0.2) is 27.6 Å². The van der Waals surface area contributed by atoms with Gasteiger partial charge in [0.1, 0.15) is 0 Å². The number of phenols is 1. The van der Waals surface area contributed by atoms with E-state index in [0.29, 0.717) is 28.3 Å². The van der Waals surface area contributed by atoms with E-state index in [-0.39, 0.29) is 17.2 Å². The van der Waals surface area contributed by atoms with Crippen molar-refractivity contribution in [3.63, 3.8) is 0 Å². The largest absolute Gasteiger partial charge is 0.504 e. The molecule has 0 amide bonds. The molecule has 3 aromatic carbocycles. The fraction of sp³-hybridized carbons (Fsp3) is 0.0769. The van der Waals surface area contributed by atoms with Gasteiger partial charge in [0.05, 0.1) is 18.5 Å². The van der Waals surface area contributed by atoms with E-state index in [2.05, 4.69) is 4.98 Å². The molecule has 0 spiro atoms. The number of nitrogens with one attached hydrogen (secondary N) is 1. The molecule has 0 fully saturated rings. The summed E-state index contributed by atoms with van der Waals surface area (Å²) in [6.45, 7) is 2.01. The smallest absolute Gasteiger partial charge is 0.330 e. The average Bonchev–Trinajstić information content (AvgIpc) is 3.20. The number of methoxy groups -OCH3 is 1. The van der Waals surface area contributed by atoms with Crippen molar-refractivity contribution in [2.75, 3.05) is 7.11 Å². The summed E-state index contributed by atoms with van der Waals surface area (Å²) in [5, 5.41) is 9.69. The van der Waals surface area contributed by atoms with Crippen molar-refractivity contribution in [2.45, 2.75) is 6.92 Å². The van der Waals surface area contributed by atoms with Crippen LogP contribution < -0.4 is 10.4 Å². The SMILES string of the molecule is COc1cc(/C=C/C(=O)c2cccc(-n3cc(-c4ccc(C)cc4)[nH]c3=O)c2)ccc1O. The molecule has 0 saturated heterocycles. The molecule has 0 bridgehead atoms. The lowest BCUT2D eigenvalue weighted by Crippen LogP contribution is -2.14. The molecule has 4 aromatic rings. The van der Waals surface area contributed by atoms with E-state index in [4.69, 9.17) is 4.74 Å². The topological polar surface area (TPSA) is 84.3 Å². The summed E-state index contributed by atoms with van der Waals surface area (Å²) >= 11 is 0. The maximum absolute atomic E-state index is 12.7. The quantitative estimate of drug-likeness (QED) is 0.344. The molecule has 4 rings (SSSR count). The highest BCUT2D eigenvalue weighted by Crippen LogP contribution is 2.27. The Labute approximate surface area is 185 Å². The lowest BCUT2D eigenvalue weighted by molar-refractivity contribution is 0.104. The zero-order chi connectivity index (χ0) is 22.7. The van der Waals surface area contributed by atoms with Crippen LogP contribution in [0.5, 0.6) is 11.5 Å². The molecular formula is C26H22N2O4. The third-order valence-electron chi connectivity index (χ3n) is 5.12. The first-order valence-corrected chi connectivity index (χ1v) is 10.0. The van der Waals surface area contributed by atoms with Crippen molar-refractivity contribution in [2.24, 2.45) is 0 Å². The van der Waals surface area contributed by atoms with E-state index in [1.165, 1.54) is 23.8 Å². The summed E-state index contributed by atoms with van der Waals surface area (Å²) in [6, 6.07) is 19.6. The predicted octanol–water partition coefficient (Wildman–Crippen LogP) is 4.75. The number of H-pyrrole nitrogens is 1. The van der Waals surface area contributed by atoms with Gasteiger partial charge in [-0.05, 0) is 48.4 Å². The predicted molar refractivity (Wildman–Crippen MR) is 125 cm³/mol. The van der Waals surface area contributed by atoms with Crippen LogP contribution >= 0.6 is 0 Å². The molecule has 1 aromatic heterocycles. The number of rotatable bonds is 6. The van der Waals surface area contributed by atoms with Crippen LogP contribution in [0.4, 0.5) is 0 Å². The van der Waals surface area contributed by atoms with Crippen molar-refractivity contribution in [1.82, 2.24) is 9.55 Å². The van der Waals surface area contributed by atoms with Gasteiger partial charge in [-0.25, -0.2) is 4.79 Å². The Kier molecular flexibility index (Phi) is 5.77. The maximum Gasteiger partial charge on any atom is 0.330 e. The first-order chi connectivity index (χ1) is 15.4. The van der Waals surface area contributed by atoms with E-state index < -0.39 is 0 Å². The first kappa shape index (κ1) is 20.9. The molecule has 0 atom stereocenters. The van der Waals surface area contributed by atoms with E-state index in [1.54, 1.807) is 48.7 Å². The number of aromatic amines is 1. The van der Waals surface area contributed by atoms with Crippen molar-refractivity contribution in [1.29, 1.82) is 0 Å². The molecule has 2 N–H and O–H groups in total. The second-order valence-corrected chi connectivity index (χ2v) is 7.39. The van der Waals surface area contributed by atoms with Crippen LogP contribution in [-0.2, 0) is 0 Å². The molecule has 6 heteroatoms. The molecule has 0 aliphatic carbocycles. The average molecular weight is 426 g/mol. The van der Waals surface area contributed by atoms with E-state index in [9.17, 15) is 14.7 Å². The van der Waals surface area contributed by atoms with Crippen LogP contribution in [0.3, 0.4) is 0 Å². The van der Waals surface area contributed by atoms with Crippen LogP contribution in [0.2, 0.25) is 0 Å². The molecule has 0 unspecified atom stereocenters. The normalized spacial score (nSPS) is 11.1. The lowest BCUT2D eigenvalue weighted by atomic mass is 10.1. The molecule has 0 radical (unpaired) electrons. The summed E-state index contributed by atoms with van der Waals surface area (Å²) in [6.07, 6.45) is 4.83. The molecular weight excluding hydrogens is 404 g/mol. The van der Waals surface area contributed by atoms with Gasteiger partial charge >= 0.3 is 5.69 Å². The Bertz CT molecular complexity index is 1360. The van der Waals surface area contributed by atoms with Crippen LogP contribution in [0.15, 0.2) is 83.8 Å². The fourth-order valence-electron chi connectivity index (χ4n) is 3.34. The van der Waals surface area contributed by atoms with Gasteiger partial charge in [0, 0.05) is 11.8 Å². The number of hydrogen-bond donors (Lipinski definition) is 2. The van der Waals surface area contributed by atoms with Crippen molar-refractivity contribution in [3.8, 4) is 28.4 Å². The van der Waals surface area contributed by atoms with E-state index in [1.807, 2.05) is 31.2 Å². The van der Waals surface area contributed by atoms with Crippen molar-refractivity contribution in [3.05, 3.63) is 106 Å². The van der Waals surface area contributed by atoms with Gasteiger partial charge < -0.3 is 14.8 Å². The number of ether oxygens (including phenoxy) is 1. The summed E-state index contributed by atoms with van der Waals surface area (Å²) in [4.78, 5) is 28.1. The Morgan fingerprint density at radius 1 is 1.06 bits per heavy atom. The molecule has 0 aliphatic heterocycles. The van der Waals surface area contributed by atoms with Crippen LogP contribution in [0.25, 0.3) is 23.0 Å². The number of carbonyl (C=O) groups is 1. The number of allylic oxidation sites excluding steroid dienone is 1. The number of aromatic nitrogens is 2. The van der Waals surface area contributed by atoms with Gasteiger partial charge in [0.25, 0.3) is 0 Å². The van der Waals surface area contributed by atoms with Crippen LogP contribution in [0.1, 0.15) is 21.5 Å². The summed E-state index contributed by atoms with van der Waals surface area (Å²) in [5.41, 5.74) is 4.23. The Morgan fingerprint density at radius 2 is 1.84 bits per heavy atom. The number of nitrogens with zero attached hydrogens (tertiary/aromatic N) is 1. The van der Waals surface area contributed by atoms with E-state index in [0.717, 1.165) is 11.1 Å². The number of ketones is 1. The highest BCUT2D eigenvalue weighted by atomic mass is 16.5. The van der Waals surface area contributed by atoms with Gasteiger partial charge in [-0.15, -0.1) is 0 Å². The lowest BCUT2D eigenvalue weighted by Gasteiger charge is -2.04. The molecule has 32 heavy (non-hydrogen) atoms. The second-order valence-electron chi connectivity index (χ2n) is 7.39. The monoisotopic (exact) mass is 426 g/mol. The Balaban J connectivity index is 1.59. The number of aryl methyl sites for hydroxylation is 1. The Morgan fingerprint density at radius 3 is 2.59 bits per heavy atom. The third-order valence-corrected chi connectivity index (χ3v) is 5.12. The number of aromatic hydroxyl groups is 1. The molecule has 0 aliphatic rings. The zero-order valence-corrected chi connectivity index (χ0v) is 17.7. The van der Waals surface area contributed by atoms with Crippen LogP contribution in [0, 0.1) is 6.92 Å². The standard InChI is InChI=1S/C26H22N2O4/c1-17-6-10-19(11-7-17)22-16-28(26(31)27-22)21-5-3-4-20(15-21)23(29)12-8-18-9-13-24(30)25(14-18)32-2/h3-16,30H,1-2H3,(H,27,31)/b12-8+. The minimum atomic E-state index is -0.281. The second kappa shape index (κ2) is 8.81. The minimum Gasteiger partial charge on any atom is -0.504 e. The summed E-state index contributed by atoms with van der Waals surface area (Å²) in [7, 11) is 1.46. The summed E-state index contributed by atoms with van der Waals surface area (Å²) < 4.78 is 6.58. The molecule has 0 saturated carbocycles. The van der Waals surface area contributed by atoms with Gasteiger partial charge in [-0.2, -0.15) is 0 Å². The molecule has 160 valence electrons. The maximum atomic E-state index is 12.7. The highest BCUT2D eigenvalue weighted by Gasteiger charge is 2.10. The number of carbonyl (C=O) groups excluding carboxylic acids is 1. The fourth-order valence-corrected chi connectivity index (χ4v) is 3.34. The van der Waals surface area contributed by atoms with Crippen molar-refractivity contribution >= 4 is 11.9 Å². The number of hydrogen-bond acceptors (Lipinski definition) is 4. The molecule has 1 heterocycles. The van der Waals surface area contributed by atoms with Gasteiger partial charge in [0.2, 0.25) is 0 Å². The number of phenolic OH excluding ortho intramolecular Hbond substituents is 1. The minimum absolute atomic E-state index is 0.0330. The molecule has 6 nitrogen and oxygen atoms in total. The zero-order valence-electron chi connectivity index (χ0n) is 17.7. The number of benzene rings is 3. The van der Waals surface area contributed by atoms with Gasteiger partial charge in [0.15, 0.2) is 17.3 Å². The Hall–Kier alpha value is -4.32. The highest BCUT2D eigenvalue weighted by molar-refractivity contribution is 6.07. The van der Waals surface area contributed by atoms with Gasteiger partial charge in [-0.1, -0.05) is 54.1 Å². The summed E-state index contributed by atoms with van der Waals surface area (Å²) in [5.74, 6) is 0.157. The van der Waals surface area contributed by atoms with E-state index >= 15 is 0 Å². The first-order valence-electron chi connectivity index (χ1n) is 10.0. The third kappa shape index (κ3) is 4.39. The number of imidazole rings is 1. The van der Waals surface area contributed by atoms with Crippen molar-refractivity contribution < 1.29 is 14.6 Å².